The molecule has 0 aliphatic heterocycles. The summed E-state index contributed by atoms with van der Waals surface area (Å²) in [6.07, 6.45) is 3.79. The van der Waals surface area contributed by atoms with E-state index in [4.69, 9.17) is 21.4 Å². The van der Waals surface area contributed by atoms with E-state index < -0.39 is 0 Å². The van der Waals surface area contributed by atoms with Gasteiger partial charge in [-0.1, -0.05) is 11.6 Å². The Hall–Kier alpha value is -0.530. The molecule has 0 spiro atoms. The molecule has 0 radical (unpaired) electrons. The number of carbonyl (C=O) groups is 1. The van der Waals surface area contributed by atoms with E-state index in [1.54, 1.807) is 19.2 Å². The number of carbonyl (C=O) groups excluding carboxylic acids is 1. The molecule has 0 atom stereocenters. The number of aliphatic hydroxyl groups excluding tert-OH is 1. The smallest absolute Gasteiger partial charge is 0.257 e. The van der Waals surface area contributed by atoms with Crippen molar-refractivity contribution in [2.45, 2.75) is 31.7 Å². The van der Waals surface area contributed by atoms with Crippen LogP contribution in [0.15, 0.2) is 12.1 Å². The fraction of sp³-hybridized carbons (Fsp3) is 0.533. The molecule has 4 nitrogen and oxygen atoms in total. The maximum absolute atomic E-state index is 12.8. The molecule has 1 aliphatic rings. The molecule has 6 heteroatoms. The van der Waals surface area contributed by atoms with E-state index in [9.17, 15) is 4.79 Å². The van der Waals surface area contributed by atoms with Crippen molar-refractivity contribution in [2.75, 3.05) is 20.3 Å². The Labute approximate surface area is 143 Å². The van der Waals surface area contributed by atoms with Crippen LogP contribution in [0, 0.1) is 3.57 Å². The largest absolute Gasteiger partial charge is 0.496 e. The lowest BCUT2D eigenvalue weighted by Crippen LogP contribution is -2.45. The fourth-order valence-electron chi connectivity index (χ4n) is 2.41. The van der Waals surface area contributed by atoms with Crippen LogP contribution in [0.25, 0.3) is 0 Å². The molecule has 1 saturated carbocycles. The second-order valence-corrected chi connectivity index (χ2v) is 6.70. The molecule has 1 aromatic carbocycles. The van der Waals surface area contributed by atoms with Crippen molar-refractivity contribution in [3.05, 3.63) is 26.3 Å². The van der Waals surface area contributed by atoms with Gasteiger partial charge in [0.2, 0.25) is 0 Å². The molecule has 1 fully saturated rings. The van der Waals surface area contributed by atoms with Gasteiger partial charge in [0, 0.05) is 22.8 Å². The molecule has 2 rings (SSSR count). The summed E-state index contributed by atoms with van der Waals surface area (Å²) >= 11 is 8.26. The molecule has 116 valence electrons. The van der Waals surface area contributed by atoms with Crippen LogP contribution >= 0.6 is 34.2 Å². The minimum Gasteiger partial charge on any atom is -0.496 e. The van der Waals surface area contributed by atoms with Crippen molar-refractivity contribution >= 4 is 40.1 Å². The number of ether oxygens (including phenoxy) is 1. The number of benzene rings is 1. The average Bonchev–Trinajstić information content (AvgIpc) is 2.42. The first-order valence-corrected chi connectivity index (χ1v) is 8.49. The Kier molecular flexibility index (Phi) is 6.13. The molecule has 21 heavy (non-hydrogen) atoms. The minimum atomic E-state index is -0.0664. The third-order valence-electron chi connectivity index (χ3n) is 3.81. The Morgan fingerprint density at radius 3 is 2.76 bits per heavy atom. The number of halogens is 2. The summed E-state index contributed by atoms with van der Waals surface area (Å²) in [4.78, 5) is 14.7. The molecule has 0 aromatic heterocycles. The third kappa shape index (κ3) is 3.81. The van der Waals surface area contributed by atoms with E-state index in [1.807, 2.05) is 4.90 Å². The lowest BCUT2D eigenvalue weighted by Gasteiger charge is -2.38. The van der Waals surface area contributed by atoms with Gasteiger partial charge in [0.1, 0.15) is 5.75 Å². The molecule has 0 saturated heterocycles. The molecular weight excluding hydrogens is 405 g/mol. The molecular formula is C15H19ClINO3. The molecule has 0 unspecified atom stereocenters. The number of amides is 1. The van der Waals surface area contributed by atoms with E-state index in [2.05, 4.69) is 22.6 Å². The summed E-state index contributed by atoms with van der Waals surface area (Å²) < 4.78 is 6.18. The van der Waals surface area contributed by atoms with Gasteiger partial charge in [-0.05, 0) is 60.4 Å². The van der Waals surface area contributed by atoms with E-state index in [-0.39, 0.29) is 18.6 Å². The summed E-state index contributed by atoms with van der Waals surface area (Å²) in [6, 6.07) is 3.72. The van der Waals surface area contributed by atoms with Gasteiger partial charge in [-0.3, -0.25) is 4.79 Å². The Morgan fingerprint density at radius 2 is 2.24 bits per heavy atom. The monoisotopic (exact) mass is 423 g/mol. The van der Waals surface area contributed by atoms with Crippen LogP contribution in [0.1, 0.15) is 36.0 Å². The zero-order chi connectivity index (χ0) is 15.4. The van der Waals surface area contributed by atoms with Crippen LogP contribution in [0.2, 0.25) is 5.02 Å². The second-order valence-electron chi connectivity index (χ2n) is 5.13. The summed E-state index contributed by atoms with van der Waals surface area (Å²) in [6.45, 7) is 0.647. The lowest BCUT2D eigenvalue weighted by molar-refractivity contribution is 0.0559. The first-order valence-electron chi connectivity index (χ1n) is 7.03. The van der Waals surface area contributed by atoms with Gasteiger partial charge >= 0.3 is 0 Å². The van der Waals surface area contributed by atoms with E-state index in [1.165, 1.54) is 0 Å². The van der Waals surface area contributed by atoms with Crippen LogP contribution in [0.3, 0.4) is 0 Å². The zero-order valence-electron chi connectivity index (χ0n) is 11.9. The maximum Gasteiger partial charge on any atom is 0.257 e. The molecule has 1 aromatic rings. The summed E-state index contributed by atoms with van der Waals surface area (Å²) in [5.74, 6) is 0.477. The van der Waals surface area contributed by atoms with Crippen LogP contribution in [0.4, 0.5) is 0 Å². The van der Waals surface area contributed by atoms with Gasteiger partial charge in [-0.15, -0.1) is 0 Å². The topological polar surface area (TPSA) is 49.8 Å². The Morgan fingerprint density at radius 1 is 1.52 bits per heavy atom. The van der Waals surface area contributed by atoms with Gasteiger partial charge < -0.3 is 14.7 Å². The Bertz CT molecular complexity index is 520. The number of nitrogens with zero attached hydrogens (tertiary/aromatic N) is 1. The molecule has 1 amide bonds. The molecule has 1 aliphatic carbocycles. The first kappa shape index (κ1) is 16.8. The lowest BCUT2D eigenvalue weighted by atomic mass is 9.90. The van der Waals surface area contributed by atoms with E-state index >= 15 is 0 Å². The minimum absolute atomic E-state index is 0.0664. The van der Waals surface area contributed by atoms with Crippen molar-refractivity contribution in [3.8, 4) is 5.75 Å². The standard InChI is InChI=1S/C15H19ClINO3/c1-21-14-9-13(17)12(16)8-11(14)15(20)18(6-3-7-19)10-4-2-5-10/h8-10,19H,2-7H2,1H3. The van der Waals surface area contributed by atoms with Gasteiger partial charge in [-0.2, -0.15) is 0 Å². The van der Waals surface area contributed by atoms with Crippen LogP contribution in [0.5, 0.6) is 5.75 Å². The SMILES string of the molecule is COc1cc(I)c(Cl)cc1C(=O)N(CCCO)C1CCC1. The van der Waals surface area contributed by atoms with Gasteiger partial charge in [0.05, 0.1) is 17.7 Å². The molecule has 1 N–H and O–H groups in total. The van der Waals surface area contributed by atoms with E-state index in [0.717, 1.165) is 22.8 Å². The number of methoxy groups -OCH3 is 1. The highest BCUT2D eigenvalue weighted by Crippen LogP contribution is 2.32. The Balaban J connectivity index is 2.28. The number of hydrogen-bond acceptors (Lipinski definition) is 3. The highest BCUT2D eigenvalue weighted by Gasteiger charge is 2.30. The van der Waals surface area contributed by atoms with Gasteiger partial charge in [0.25, 0.3) is 5.91 Å². The second kappa shape index (κ2) is 7.65. The number of hydrogen-bond donors (Lipinski definition) is 1. The zero-order valence-corrected chi connectivity index (χ0v) is 14.9. The van der Waals surface area contributed by atoms with Crippen molar-refractivity contribution in [1.82, 2.24) is 4.90 Å². The summed E-state index contributed by atoms with van der Waals surface area (Å²) in [5.41, 5.74) is 0.493. The van der Waals surface area contributed by atoms with Crippen molar-refractivity contribution < 1.29 is 14.6 Å². The highest BCUT2D eigenvalue weighted by molar-refractivity contribution is 14.1. The van der Waals surface area contributed by atoms with Crippen molar-refractivity contribution in [1.29, 1.82) is 0 Å². The van der Waals surface area contributed by atoms with Crippen molar-refractivity contribution in [3.63, 3.8) is 0 Å². The van der Waals surface area contributed by atoms with Crippen molar-refractivity contribution in [2.24, 2.45) is 0 Å². The van der Waals surface area contributed by atoms with E-state index in [0.29, 0.717) is 29.3 Å². The summed E-state index contributed by atoms with van der Waals surface area (Å²) in [5, 5.41) is 9.59. The number of rotatable bonds is 6. The van der Waals surface area contributed by atoms with Crippen LogP contribution < -0.4 is 4.74 Å². The molecule has 0 bridgehead atoms. The maximum atomic E-state index is 12.8. The fourth-order valence-corrected chi connectivity index (χ4v) is 3.01. The van der Waals surface area contributed by atoms with Crippen LogP contribution in [-0.4, -0.2) is 42.2 Å². The van der Waals surface area contributed by atoms with Gasteiger partial charge in [-0.25, -0.2) is 0 Å². The predicted molar refractivity (Wildman–Crippen MR) is 91.1 cm³/mol. The predicted octanol–water partition coefficient (Wildman–Crippen LogP) is 3.33. The first-order chi connectivity index (χ1) is 10.1. The van der Waals surface area contributed by atoms with Crippen LogP contribution in [-0.2, 0) is 0 Å². The quantitative estimate of drug-likeness (QED) is 0.714. The molecule has 0 heterocycles. The third-order valence-corrected chi connectivity index (χ3v) is 5.33. The normalized spacial score (nSPS) is 14.7. The summed E-state index contributed by atoms with van der Waals surface area (Å²) in [7, 11) is 1.55. The number of aliphatic hydroxyl groups is 1. The van der Waals surface area contributed by atoms with Gasteiger partial charge in [0.15, 0.2) is 0 Å². The average molecular weight is 424 g/mol. The highest BCUT2D eigenvalue weighted by atomic mass is 127.